The van der Waals surface area contributed by atoms with Crippen molar-refractivity contribution in [3.8, 4) is 0 Å². The number of benzene rings is 1. The van der Waals surface area contributed by atoms with E-state index in [0.29, 0.717) is 6.07 Å². The normalized spacial score (nSPS) is 12.8. The molecule has 0 fully saturated rings. The minimum absolute atomic E-state index is 0. The number of nitrogens with two attached hydrogens (primary N) is 1. The van der Waals surface area contributed by atoms with Crippen LogP contribution in [0, 0.1) is 10.1 Å². The van der Waals surface area contributed by atoms with Gasteiger partial charge in [0.15, 0.2) is 0 Å². The quantitative estimate of drug-likeness (QED) is 0.663. The Labute approximate surface area is 101 Å². The number of alkyl halides is 3. The second kappa shape index (κ2) is 5.33. The van der Waals surface area contributed by atoms with Gasteiger partial charge >= 0.3 is 6.18 Å². The Kier molecular flexibility index (Phi) is 4.91. The molecule has 0 saturated carbocycles. The number of rotatable bonds is 2. The van der Waals surface area contributed by atoms with Gasteiger partial charge in [-0.3, -0.25) is 10.1 Å². The summed E-state index contributed by atoms with van der Waals surface area (Å²) < 4.78 is 37.2. The number of hydrogen-bond donors (Lipinski definition) is 1. The second-order valence-corrected chi connectivity index (χ2v) is 3.36. The van der Waals surface area contributed by atoms with E-state index < -0.39 is 28.4 Å². The maximum absolute atomic E-state index is 12.4. The van der Waals surface area contributed by atoms with Crippen LogP contribution >= 0.6 is 12.4 Å². The highest BCUT2D eigenvalue weighted by molar-refractivity contribution is 5.85. The van der Waals surface area contributed by atoms with E-state index in [9.17, 15) is 23.3 Å². The van der Waals surface area contributed by atoms with Crippen molar-refractivity contribution in [1.29, 1.82) is 0 Å². The minimum Gasteiger partial charge on any atom is -0.324 e. The highest BCUT2D eigenvalue weighted by Gasteiger charge is 2.32. The molecule has 1 rings (SSSR count). The molecule has 0 amide bonds. The molecule has 0 heterocycles. The van der Waals surface area contributed by atoms with Crippen molar-refractivity contribution in [1.82, 2.24) is 0 Å². The van der Waals surface area contributed by atoms with Crippen LogP contribution in [0.5, 0.6) is 0 Å². The van der Waals surface area contributed by atoms with Crippen molar-refractivity contribution in [3.63, 3.8) is 0 Å². The third kappa shape index (κ3) is 3.86. The predicted octanol–water partition coefficient (Wildman–Crippen LogP) is 3.06. The SMILES string of the molecule is C[C@@H](N)c1cc([N+](=O)[O-])cc(C(F)(F)F)c1.Cl. The molecule has 0 aliphatic heterocycles. The van der Waals surface area contributed by atoms with Crippen LogP contribution in [0.15, 0.2) is 18.2 Å². The number of halogens is 4. The lowest BCUT2D eigenvalue weighted by Gasteiger charge is -2.10. The Morgan fingerprint density at radius 1 is 1.35 bits per heavy atom. The standard InChI is InChI=1S/C9H9F3N2O2.ClH/c1-5(13)6-2-7(9(10,11)12)4-8(3-6)14(15)16;/h2-5H,13H2,1H3;1H/t5-;/m1./s1. The third-order valence-electron chi connectivity index (χ3n) is 2.00. The Morgan fingerprint density at radius 2 is 1.88 bits per heavy atom. The summed E-state index contributed by atoms with van der Waals surface area (Å²) in [5, 5.41) is 10.5. The van der Waals surface area contributed by atoms with Crippen LogP contribution in [-0.4, -0.2) is 4.92 Å². The zero-order valence-corrected chi connectivity index (χ0v) is 9.51. The lowest BCUT2D eigenvalue weighted by Crippen LogP contribution is -2.10. The average Bonchev–Trinajstić information content (AvgIpc) is 2.15. The van der Waals surface area contributed by atoms with Crippen molar-refractivity contribution in [2.45, 2.75) is 19.1 Å². The van der Waals surface area contributed by atoms with Crippen molar-refractivity contribution < 1.29 is 18.1 Å². The molecule has 17 heavy (non-hydrogen) atoms. The van der Waals surface area contributed by atoms with E-state index in [1.165, 1.54) is 6.92 Å². The average molecular weight is 271 g/mol. The van der Waals surface area contributed by atoms with Gasteiger partial charge in [0, 0.05) is 18.2 Å². The molecule has 0 bridgehead atoms. The van der Waals surface area contributed by atoms with Gasteiger partial charge in [-0.25, -0.2) is 0 Å². The maximum atomic E-state index is 12.4. The van der Waals surface area contributed by atoms with Gasteiger partial charge in [-0.2, -0.15) is 13.2 Å². The molecule has 96 valence electrons. The molecular formula is C9H10ClF3N2O2. The van der Waals surface area contributed by atoms with Gasteiger partial charge in [0.25, 0.3) is 5.69 Å². The lowest BCUT2D eigenvalue weighted by molar-refractivity contribution is -0.385. The molecule has 0 aromatic heterocycles. The minimum atomic E-state index is -4.62. The van der Waals surface area contributed by atoms with Gasteiger partial charge < -0.3 is 5.73 Å². The Morgan fingerprint density at radius 3 is 2.24 bits per heavy atom. The fraction of sp³-hybridized carbons (Fsp3) is 0.333. The fourth-order valence-electron chi connectivity index (χ4n) is 1.17. The van der Waals surface area contributed by atoms with Gasteiger partial charge in [0.2, 0.25) is 0 Å². The predicted molar refractivity (Wildman–Crippen MR) is 57.9 cm³/mol. The molecule has 2 N–H and O–H groups in total. The van der Waals surface area contributed by atoms with Crippen LogP contribution in [0.3, 0.4) is 0 Å². The number of nitro groups is 1. The summed E-state index contributed by atoms with van der Waals surface area (Å²) in [6.07, 6.45) is -4.62. The lowest BCUT2D eigenvalue weighted by atomic mass is 10.0. The van der Waals surface area contributed by atoms with Gasteiger partial charge in [-0.1, -0.05) is 0 Å². The van der Waals surface area contributed by atoms with Crippen LogP contribution in [0.25, 0.3) is 0 Å². The third-order valence-corrected chi connectivity index (χ3v) is 2.00. The van der Waals surface area contributed by atoms with Crippen LogP contribution in [-0.2, 0) is 6.18 Å². The monoisotopic (exact) mass is 270 g/mol. The van der Waals surface area contributed by atoms with E-state index in [2.05, 4.69) is 0 Å². The number of hydrogen-bond acceptors (Lipinski definition) is 3. The molecule has 1 atom stereocenters. The van der Waals surface area contributed by atoms with Gasteiger partial charge in [-0.05, 0) is 18.6 Å². The Hall–Kier alpha value is -1.34. The molecule has 0 spiro atoms. The molecule has 0 radical (unpaired) electrons. The maximum Gasteiger partial charge on any atom is 0.416 e. The molecule has 0 saturated heterocycles. The summed E-state index contributed by atoms with van der Waals surface area (Å²) in [6, 6.07) is 1.66. The summed E-state index contributed by atoms with van der Waals surface area (Å²) in [7, 11) is 0. The highest BCUT2D eigenvalue weighted by atomic mass is 35.5. The molecule has 1 aromatic rings. The Balaban J connectivity index is 0.00000256. The van der Waals surface area contributed by atoms with Crippen molar-refractivity contribution >= 4 is 18.1 Å². The topological polar surface area (TPSA) is 69.2 Å². The summed E-state index contributed by atoms with van der Waals surface area (Å²) in [6.45, 7) is 1.46. The number of nitro benzene ring substituents is 1. The summed E-state index contributed by atoms with van der Waals surface area (Å²) in [5.74, 6) is 0. The van der Waals surface area contributed by atoms with E-state index in [0.717, 1.165) is 12.1 Å². The van der Waals surface area contributed by atoms with Crippen molar-refractivity contribution in [2.24, 2.45) is 5.73 Å². The zero-order valence-electron chi connectivity index (χ0n) is 8.69. The van der Waals surface area contributed by atoms with Crippen LogP contribution in [0.1, 0.15) is 24.1 Å². The fourth-order valence-corrected chi connectivity index (χ4v) is 1.17. The number of nitrogens with zero attached hydrogens (tertiary/aromatic N) is 1. The van der Waals surface area contributed by atoms with Crippen molar-refractivity contribution in [2.75, 3.05) is 0 Å². The smallest absolute Gasteiger partial charge is 0.324 e. The second-order valence-electron chi connectivity index (χ2n) is 3.36. The van der Waals surface area contributed by atoms with E-state index in [1.54, 1.807) is 0 Å². The first-order valence-electron chi connectivity index (χ1n) is 4.34. The Bertz CT molecular complexity index is 421. The molecule has 0 aliphatic rings. The van der Waals surface area contributed by atoms with E-state index in [4.69, 9.17) is 5.73 Å². The van der Waals surface area contributed by atoms with E-state index in [1.807, 2.05) is 0 Å². The van der Waals surface area contributed by atoms with Crippen LogP contribution in [0.4, 0.5) is 18.9 Å². The first kappa shape index (κ1) is 15.7. The first-order chi connectivity index (χ1) is 7.21. The van der Waals surface area contributed by atoms with Crippen molar-refractivity contribution in [3.05, 3.63) is 39.4 Å². The summed E-state index contributed by atoms with van der Waals surface area (Å²) in [5.41, 5.74) is 3.82. The largest absolute Gasteiger partial charge is 0.416 e. The van der Waals surface area contributed by atoms with Crippen LogP contribution in [0.2, 0.25) is 0 Å². The van der Waals surface area contributed by atoms with Gasteiger partial charge in [0.05, 0.1) is 10.5 Å². The summed E-state index contributed by atoms with van der Waals surface area (Å²) in [4.78, 5) is 9.58. The number of non-ortho nitro benzene ring substituents is 1. The highest BCUT2D eigenvalue weighted by Crippen LogP contribution is 2.33. The van der Waals surface area contributed by atoms with Gasteiger partial charge in [-0.15, -0.1) is 12.4 Å². The molecule has 0 aliphatic carbocycles. The first-order valence-corrected chi connectivity index (χ1v) is 4.34. The van der Waals surface area contributed by atoms with E-state index in [-0.39, 0.29) is 18.0 Å². The molecular weight excluding hydrogens is 261 g/mol. The molecule has 0 unspecified atom stereocenters. The van der Waals surface area contributed by atoms with Crippen LogP contribution < -0.4 is 5.73 Å². The zero-order chi connectivity index (χ0) is 12.5. The van der Waals surface area contributed by atoms with Gasteiger partial charge in [0.1, 0.15) is 0 Å². The molecule has 8 heteroatoms. The molecule has 1 aromatic carbocycles. The molecule has 4 nitrogen and oxygen atoms in total. The van der Waals surface area contributed by atoms with E-state index >= 15 is 0 Å². The summed E-state index contributed by atoms with van der Waals surface area (Å²) >= 11 is 0.